The van der Waals surface area contributed by atoms with Gasteiger partial charge >= 0.3 is 0 Å². The Bertz CT molecular complexity index is 439. The van der Waals surface area contributed by atoms with Crippen molar-refractivity contribution in [3.8, 4) is 0 Å². The number of aryl methyl sites for hydroxylation is 1. The molecule has 1 aromatic heterocycles. The van der Waals surface area contributed by atoms with Crippen LogP contribution in [0.15, 0.2) is 27.8 Å². The first-order chi connectivity index (χ1) is 6.79. The highest BCUT2D eigenvalue weighted by Gasteiger charge is 2.05. The molecule has 0 radical (unpaired) electrons. The zero-order valence-electron chi connectivity index (χ0n) is 8.11. The number of rotatable bonds is 3. The van der Waals surface area contributed by atoms with E-state index in [0.717, 1.165) is 11.1 Å². The third-order valence-corrected chi connectivity index (χ3v) is 2.60. The summed E-state index contributed by atoms with van der Waals surface area (Å²) in [5.41, 5.74) is 2.92. The molecule has 1 aromatic carbocycles. The number of ether oxygens (including phenoxy) is 1. The second-order valence-electron chi connectivity index (χ2n) is 3.00. The topological polar surface area (TPSA) is 35.3 Å². The standard InChI is InChI=1S/C10H11NO2S/c1-7-3-4-9-8(5-7)11-10(13-9)14-6-12-2/h3-5H,6H2,1-2H3. The lowest BCUT2D eigenvalue weighted by atomic mass is 10.2. The molecule has 2 aromatic rings. The first-order valence-corrected chi connectivity index (χ1v) is 5.27. The molecular weight excluding hydrogens is 198 g/mol. The maximum Gasteiger partial charge on any atom is 0.259 e. The van der Waals surface area contributed by atoms with Crippen LogP contribution in [0.3, 0.4) is 0 Å². The van der Waals surface area contributed by atoms with E-state index in [-0.39, 0.29) is 0 Å². The van der Waals surface area contributed by atoms with Gasteiger partial charge < -0.3 is 9.15 Å². The van der Waals surface area contributed by atoms with Crippen LogP contribution in [-0.2, 0) is 4.74 Å². The number of nitrogens with zero attached hydrogens (tertiary/aromatic N) is 1. The van der Waals surface area contributed by atoms with E-state index in [9.17, 15) is 0 Å². The Morgan fingerprint density at radius 1 is 1.50 bits per heavy atom. The Morgan fingerprint density at radius 3 is 3.14 bits per heavy atom. The van der Waals surface area contributed by atoms with Crippen molar-refractivity contribution >= 4 is 22.9 Å². The van der Waals surface area contributed by atoms with Crippen molar-refractivity contribution in [1.29, 1.82) is 0 Å². The highest BCUT2D eigenvalue weighted by Crippen LogP contribution is 2.23. The number of hydrogen-bond donors (Lipinski definition) is 0. The lowest BCUT2D eigenvalue weighted by Crippen LogP contribution is -1.80. The van der Waals surface area contributed by atoms with Gasteiger partial charge in [-0.25, -0.2) is 4.98 Å². The van der Waals surface area contributed by atoms with Gasteiger partial charge in [-0.3, -0.25) is 0 Å². The quantitative estimate of drug-likeness (QED) is 0.575. The third-order valence-electron chi connectivity index (χ3n) is 1.82. The predicted molar refractivity (Wildman–Crippen MR) is 56.5 cm³/mol. The summed E-state index contributed by atoms with van der Waals surface area (Å²) in [6, 6.07) is 5.96. The maximum absolute atomic E-state index is 5.50. The predicted octanol–water partition coefficient (Wildman–Crippen LogP) is 2.83. The van der Waals surface area contributed by atoms with Crippen molar-refractivity contribution in [3.05, 3.63) is 23.8 Å². The monoisotopic (exact) mass is 209 g/mol. The number of benzene rings is 1. The van der Waals surface area contributed by atoms with Crippen molar-refractivity contribution in [2.24, 2.45) is 0 Å². The van der Waals surface area contributed by atoms with Crippen molar-refractivity contribution in [3.63, 3.8) is 0 Å². The van der Waals surface area contributed by atoms with E-state index in [1.54, 1.807) is 7.11 Å². The zero-order valence-corrected chi connectivity index (χ0v) is 8.93. The molecule has 4 heteroatoms. The number of methoxy groups -OCH3 is 1. The molecule has 0 fully saturated rings. The molecule has 0 aliphatic rings. The molecule has 0 atom stereocenters. The van der Waals surface area contributed by atoms with Crippen LogP contribution in [0.4, 0.5) is 0 Å². The van der Waals surface area contributed by atoms with Gasteiger partial charge in [-0.1, -0.05) is 6.07 Å². The van der Waals surface area contributed by atoms with Crippen LogP contribution in [0.1, 0.15) is 5.56 Å². The summed E-state index contributed by atoms with van der Waals surface area (Å²) >= 11 is 1.45. The van der Waals surface area contributed by atoms with Gasteiger partial charge in [0, 0.05) is 7.11 Å². The number of oxazole rings is 1. The SMILES string of the molecule is COCSc1nc2cc(C)ccc2o1. The summed E-state index contributed by atoms with van der Waals surface area (Å²) in [4.78, 5) is 4.33. The molecule has 0 amide bonds. The molecular formula is C10H11NO2S. The Labute approximate surface area is 86.5 Å². The van der Waals surface area contributed by atoms with E-state index in [0.29, 0.717) is 11.2 Å². The first kappa shape index (κ1) is 9.55. The molecule has 0 unspecified atom stereocenters. The van der Waals surface area contributed by atoms with Crippen molar-refractivity contribution in [1.82, 2.24) is 4.98 Å². The van der Waals surface area contributed by atoms with Gasteiger partial charge in [0.1, 0.15) is 11.5 Å². The molecule has 0 aliphatic heterocycles. The van der Waals surface area contributed by atoms with Gasteiger partial charge in [-0.05, 0) is 36.4 Å². The minimum atomic E-state index is 0.561. The second kappa shape index (κ2) is 4.02. The van der Waals surface area contributed by atoms with E-state index >= 15 is 0 Å². The van der Waals surface area contributed by atoms with Gasteiger partial charge in [0.2, 0.25) is 0 Å². The molecule has 74 valence electrons. The number of thioether (sulfide) groups is 1. The van der Waals surface area contributed by atoms with Crippen molar-refractivity contribution in [2.45, 2.75) is 12.1 Å². The summed E-state index contributed by atoms with van der Waals surface area (Å²) in [6.45, 7) is 2.04. The fourth-order valence-corrected chi connectivity index (χ4v) is 1.72. The third kappa shape index (κ3) is 1.91. The van der Waals surface area contributed by atoms with Gasteiger partial charge in [0.25, 0.3) is 5.22 Å². The molecule has 0 saturated heterocycles. The molecule has 14 heavy (non-hydrogen) atoms. The maximum atomic E-state index is 5.50. The van der Waals surface area contributed by atoms with Crippen LogP contribution < -0.4 is 0 Å². The van der Waals surface area contributed by atoms with Crippen LogP contribution in [0, 0.1) is 6.92 Å². The van der Waals surface area contributed by atoms with Gasteiger partial charge in [-0.2, -0.15) is 0 Å². The fourth-order valence-electron chi connectivity index (χ4n) is 1.19. The highest BCUT2D eigenvalue weighted by atomic mass is 32.2. The van der Waals surface area contributed by atoms with E-state index in [1.165, 1.54) is 17.3 Å². The van der Waals surface area contributed by atoms with Crippen LogP contribution in [0.2, 0.25) is 0 Å². The summed E-state index contributed by atoms with van der Waals surface area (Å²) < 4.78 is 10.4. The van der Waals surface area contributed by atoms with Gasteiger partial charge in [0.05, 0.1) is 0 Å². The van der Waals surface area contributed by atoms with Gasteiger partial charge in [0.15, 0.2) is 5.58 Å². The Hall–Kier alpha value is -1.00. The lowest BCUT2D eigenvalue weighted by molar-refractivity contribution is 0.257. The Balaban J connectivity index is 2.32. The first-order valence-electron chi connectivity index (χ1n) is 4.28. The smallest absolute Gasteiger partial charge is 0.259 e. The minimum Gasteiger partial charge on any atom is -0.431 e. The van der Waals surface area contributed by atoms with Crippen LogP contribution in [0.25, 0.3) is 11.1 Å². The van der Waals surface area contributed by atoms with E-state index in [1.807, 2.05) is 25.1 Å². The number of hydrogen-bond acceptors (Lipinski definition) is 4. The molecule has 0 saturated carbocycles. The number of fused-ring (bicyclic) bond motifs is 1. The average Bonchev–Trinajstić information content (AvgIpc) is 2.56. The summed E-state index contributed by atoms with van der Waals surface area (Å²) in [7, 11) is 1.65. The Kier molecular flexibility index (Phi) is 2.74. The summed E-state index contributed by atoms with van der Waals surface area (Å²) in [5.74, 6) is 0.561. The highest BCUT2D eigenvalue weighted by molar-refractivity contribution is 7.98. The van der Waals surface area contributed by atoms with Crippen LogP contribution >= 0.6 is 11.8 Å². The van der Waals surface area contributed by atoms with E-state index < -0.39 is 0 Å². The minimum absolute atomic E-state index is 0.561. The molecule has 0 spiro atoms. The van der Waals surface area contributed by atoms with Crippen LogP contribution in [-0.4, -0.2) is 18.0 Å². The average molecular weight is 209 g/mol. The molecule has 3 nitrogen and oxygen atoms in total. The molecule has 0 aliphatic carbocycles. The Morgan fingerprint density at radius 2 is 2.36 bits per heavy atom. The lowest BCUT2D eigenvalue weighted by Gasteiger charge is -1.90. The molecule has 1 heterocycles. The fraction of sp³-hybridized carbons (Fsp3) is 0.300. The van der Waals surface area contributed by atoms with Crippen molar-refractivity contribution < 1.29 is 9.15 Å². The summed E-state index contributed by atoms with van der Waals surface area (Å²) in [5, 5.41) is 0.660. The largest absolute Gasteiger partial charge is 0.431 e. The van der Waals surface area contributed by atoms with Gasteiger partial charge in [-0.15, -0.1) is 0 Å². The normalized spacial score (nSPS) is 11.0. The molecule has 2 rings (SSSR count). The van der Waals surface area contributed by atoms with Crippen LogP contribution in [0.5, 0.6) is 0 Å². The van der Waals surface area contributed by atoms with E-state index in [2.05, 4.69) is 4.98 Å². The molecule has 0 bridgehead atoms. The zero-order chi connectivity index (χ0) is 9.97. The molecule has 0 N–H and O–H groups in total. The van der Waals surface area contributed by atoms with Crippen molar-refractivity contribution in [2.75, 3.05) is 13.0 Å². The second-order valence-corrected chi connectivity index (χ2v) is 3.88. The van der Waals surface area contributed by atoms with E-state index in [4.69, 9.17) is 9.15 Å². The number of aromatic nitrogens is 1. The summed E-state index contributed by atoms with van der Waals surface area (Å²) in [6.07, 6.45) is 0.